The molecule has 0 aromatic heterocycles. The minimum Gasteiger partial charge on any atom is -0.462 e. The van der Waals surface area contributed by atoms with Crippen molar-refractivity contribution in [1.29, 1.82) is 0 Å². The molecule has 0 aliphatic carbocycles. The average molecular weight is 1580 g/mol. The topological polar surface area (TPSA) is 237 Å². The second kappa shape index (κ2) is 81.7. The molecule has 110 heavy (non-hydrogen) atoms. The van der Waals surface area contributed by atoms with Crippen LogP contribution in [0.1, 0.15) is 336 Å². The van der Waals surface area contributed by atoms with Gasteiger partial charge in [0.2, 0.25) is 0 Å². The van der Waals surface area contributed by atoms with Crippen molar-refractivity contribution >= 4 is 39.5 Å². The maximum Gasteiger partial charge on any atom is 0.472 e. The minimum absolute atomic E-state index is 0.0673. The molecular weight excluding hydrogens is 1430 g/mol. The Bertz CT molecular complexity index is 2700. The second-order valence-corrected chi connectivity index (χ2v) is 30.9. The lowest BCUT2D eigenvalue weighted by atomic mass is 10.1. The number of carbonyl (C=O) groups is 4. The molecule has 17 nitrogen and oxygen atoms in total. The van der Waals surface area contributed by atoms with Gasteiger partial charge in [0.25, 0.3) is 0 Å². The highest BCUT2D eigenvalue weighted by Crippen LogP contribution is 2.45. The van der Waals surface area contributed by atoms with Crippen LogP contribution < -0.4 is 0 Å². The van der Waals surface area contributed by atoms with Gasteiger partial charge in [-0.15, -0.1) is 0 Å². The summed E-state index contributed by atoms with van der Waals surface area (Å²) in [6.07, 6.45) is 96.3. The fraction of sp³-hybridized carbons (Fsp3) is 0.670. The Balaban J connectivity index is 5.46. The van der Waals surface area contributed by atoms with Crippen LogP contribution in [-0.4, -0.2) is 96.7 Å². The van der Waals surface area contributed by atoms with Crippen LogP contribution in [0.25, 0.3) is 0 Å². The molecule has 0 fully saturated rings. The summed E-state index contributed by atoms with van der Waals surface area (Å²) in [7, 11) is -10.00. The zero-order valence-corrected chi connectivity index (χ0v) is 70.7. The van der Waals surface area contributed by atoms with E-state index in [1.807, 2.05) is 0 Å². The number of aliphatic hydroxyl groups is 1. The van der Waals surface area contributed by atoms with Crippen molar-refractivity contribution in [3.8, 4) is 0 Å². The lowest BCUT2D eigenvalue weighted by molar-refractivity contribution is -0.161. The van der Waals surface area contributed by atoms with Crippen LogP contribution in [0.2, 0.25) is 0 Å². The van der Waals surface area contributed by atoms with Gasteiger partial charge in [-0.05, 0) is 173 Å². The number of hydrogen-bond acceptors (Lipinski definition) is 15. The van der Waals surface area contributed by atoms with Gasteiger partial charge in [0.15, 0.2) is 12.2 Å². The Labute approximate surface area is 668 Å². The third-order valence-electron chi connectivity index (χ3n) is 17.5. The normalized spacial score (nSPS) is 14.6. The summed E-state index contributed by atoms with van der Waals surface area (Å²) < 4.78 is 68.8. The maximum atomic E-state index is 13.1. The second-order valence-electron chi connectivity index (χ2n) is 28.0. The van der Waals surface area contributed by atoms with E-state index in [9.17, 15) is 43.2 Å². The molecule has 0 aliphatic rings. The largest absolute Gasteiger partial charge is 0.472 e. The molecule has 0 aromatic rings. The van der Waals surface area contributed by atoms with Gasteiger partial charge in [0, 0.05) is 25.7 Å². The van der Waals surface area contributed by atoms with Crippen LogP contribution in [0.15, 0.2) is 158 Å². The predicted octanol–water partition coefficient (Wildman–Crippen LogP) is 25.6. The maximum absolute atomic E-state index is 13.1. The van der Waals surface area contributed by atoms with Crippen molar-refractivity contribution in [2.75, 3.05) is 39.6 Å². The molecule has 0 saturated heterocycles. The third kappa shape index (κ3) is 80.7. The number of allylic oxidation sites excluding steroid dienone is 26. The highest BCUT2D eigenvalue weighted by atomic mass is 31.2. The van der Waals surface area contributed by atoms with Crippen molar-refractivity contribution < 1.29 is 80.2 Å². The summed E-state index contributed by atoms with van der Waals surface area (Å²) in [4.78, 5) is 73.3. The lowest BCUT2D eigenvalue weighted by Gasteiger charge is -2.21. The smallest absolute Gasteiger partial charge is 0.462 e. The van der Waals surface area contributed by atoms with Gasteiger partial charge >= 0.3 is 39.5 Å². The molecule has 0 aromatic carbocycles. The summed E-state index contributed by atoms with van der Waals surface area (Å²) in [5.41, 5.74) is 0. The standard InChI is InChI=1S/C91H152O17P2/c1-5-9-13-17-21-25-29-33-37-40-42-45-49-52-56-60-64-68-72-76-89(94)102-82-87(108-91(96)78-74-70-66-62-58-54-50-46-43-41-38-34-30-26-22-18-14-10-6-2)84-106-110(99,100)104-80-85(92)79-103-109(97,98)105-83-86(107-90(95)77-73-69-65-61-57-53-47-36-32-28-24-20-16-12-8-4)81-101-88(93)75-71-67-63-59-55-51-48-44-39-35-31-27-23-19-15-11-7-3/h9,11,13,15,21-23,25-27,33-39,42-43,45-48,51-52,56,85-87,92H,5-8,10,12,14,16-20,24,28-32,40-41,44,49-50,53-55,57-84H2,1-4H3,(H,97,98)(H,99,100)/b13-9-,15-11-,25-21-,26-22-,27-23-,37-33-,38-34-,39-35-,45-42-,46-43-,47-36-,51-48-,56-52-. The highest BCUT2D eigenvalue weighted by molar-refractivity contribution is 7.47. The van der Waals surface area contributed by atoms with E-state index in [0.29, 0.717) is 25.7 Å². The third-order valence-corrected chi connectivity index (χ3v) is 19.4. The van der Waals surface area contributed by atoms with Crippen molar-refractivity contribution in [3.05, 3.63) is 158 Å². The Morgan fingerprint density at radius 2 is 0.473 bits per heavy atom. The molecular formula is C91H152O17P2. The molecule has 5 unspecified atom stereocenters. The number of phosphoric acid groups is 2. The first-order valence-electron chi connectivity index (χ1n) is 42.7. The summed E-state index contributed by atoms with van der Waals surface area (Å²) in [5, 5.41) is 10.7. The van der Waals surface area contributed by atoms with Crippen molar-refractivity contribution in [2.24, 2.45) is 0 Å². The number of carbonyl (C=O) groups excluding carboxylic acids is 4. The molecule has 5 atom stereocenters. The zero-order chi connectivity index (χ0) is 80.3. The summed E-state index contributed by atoms with van der Waals surface area (Å²) in [6.45, 7) is 4.55. The molecule has 0 spiro atoms. The molecule has 0 saturated carbocycles. The molecule has 0 heterocycles. The first-order chi connectivity index (χ1) is 53.7. The van der Waals surface area contributed by atoms with Crippen molar-refractivity contribution in [2.45, 2.75) is 354 Å². The van der Waals surface area contributed by atoms with Crippen molar-refractivity contribution in [1.82, 2.24) is 0 Å². The predicted molar refractivity (Wildman–Crippen MR) is 454 cm³/mol. The van der Waals surface area contributed by atoms with Gasteiger partial charge in [0.1, 0.15) is 19.3 Å². The summed E-state index contributed by atoms with van der Waals surface area (Å²) in [6, 6.07) is 0. The number of unbranched alkanes of at least 4 members (excludes halogenated alkanes) is 27. The van der Waals surface area contributed by atoms with E-state index in [1.165, 1.54) is 57.8 Å². The quantitative estimate of drug-likeness (QED) is 0.0169. The van der Waals surface area contributed by atoms with E-state index in [2.05, 4.69) is 186 Å². The van der Waals surface area contributed by atoms with Gasteiger partial charge in [-0.3, -0.25) is 37.3 Å². The van der Waals surface area contributed by atoms with E-state index >= 15 is 0 Å². The van der Waals surface area contributed by atoms with Crippen LogP contribution in [0.3, 0.4) is 0 Å². The van der Waals surface area contributed by atoms with E-state index in [0.717, 1.165) is 199 Å². The molecule has 628 valence electrons. The number of hydrogen-bond donors (Lipinski definition) is 3. The number of ether oxygens (including phenoxy) is 4. The van der Waals surface area contributed by atoms with Crippen LogP contribution >= 0.6 is 15.6 Å². The molecule has 0 radical (unpaired) electrons. The number of phosphoric ester groups is 2. The first kappa shape index (κ1) is 105. The molecule has 19 heteroatoms. The number of rotatable bonds is 79. The Morgan fingerprint density at radius 3 is 0.764 bits per heavy atom. The van der Waals surface area contributed by atoms with E-state index in [4.69, 9.17) is 37.0 Å². The Hall–Kier alpha value is -5.32. The minimum atomic E-state index is -5.00. The van der Waals surface area contributed by atoms with Crippen LogP contribution in [-0.2, 0) is 65.4 Å². The Morgan fingerprint density at radius 1 is 0.264 bits per heavy atom. The average Bonchev–Trinajstić information content (AvgIpc) is 0.900. The lowest BCUT2D eigenvalue weighted by Crippen LogP contribution is -2.30. The molecule has 0 rings (SSSR count). The van der Waals surface area contributed by atoms with Gasteiger partial charge in [-0.2, -0.15) is 0 Å². The van der Waals surface area contributed by atoms with Crippen LogP contribution in [0.5, 0.6) is 0 Å². The van der Waals surface area contributed by atoms with E-state index < -0.39 is 97.5 Å². The van der Waals surface area contributed by atoms with E-state index in [1.54, 1.807) is 0 Å². The molecule has 0 amide bonds. The zero-order valence-electron chi connectivity index (χ0n) is 68.9. The van der Waals surface area contributed by atoms with E-state index in [-0.39, 0.29) is 25.7 Å². The van der Waals surface area contributed by atoms with Gasteiger partial charge in [-0.25, -0.2) is 9.13 Å². The molecule has 0 aliphatic heterocycles. The van der Waals surface area contributed by atoms with Crippen LogP contribution in [0.4, 0.5) is 0 Å². The first-order valence-corrected chi connectivity index (χ1v) is 45.7. The number of aliphatic hydroxyl groups excluding tert-OH is 1. The van der Waals surface area contributed by atoms with Gasteiger partial charge < -0.3 is 33.8 Å². The molecule has 3 N–H and O–H groups in total. The molecule has 0 bridgehead atoms. The fourth-order valence-electron chi connectivity index (χ4n) is 11.0. The Kier molecular flexibility index (Phi) is 77.7. The fourth-order valence-corrected chi connectivity index (χ4v) is 12.6. The van der Waals surface area contributed by atoms with Crippen LogP contribution in [0, 0.1) is 0 Å². The van der Waals surface area contributed by atoms with Crippen molar-refractivity contribution in [3.63, 3.8) is 0 Å². The summed E-state index contributed by atoms with van der Waals surface area (Å²) in [5.74, 6) is -2.26. The highest BCUT2D eigenvalue weighted by Gasteiger charge is 2.30. The van der Waals surface area contributed by atoms with Gasteiger partial charge in [0.05, 0.1) is 26.4 Å². The number of esters is 4. The van der Waals surface area contributed by atoms with Gasteiger partial charge in [-0.1, -0.05) is 295 Å². The SMILES string of the molecule is CC/C=C\C/C=C\C/C=C\C/C=C\C/C=C\CCCCCC(=O)OCC(COP(=O)(O)OCC(O)COP(=O)(O)OCC(COC(=O)CCCCCC/C=C\C/C=C\C/C=C\C/C=C\CC)OC(=O)CCCCCCC/C=C\CCCCCCCC)OC(=O)CCCCCCCC/C=C\C/C=C\C/C=C\CCCCC. The summed E-state index contributed by atoms with van der Waals surface area (Å²) >= 11 is 0. The monoisotopic (exact) mass is 1580 g/mol.